The minimum atomic E-state index is -0.661. The van der Waals surface area contributed by atoms with Crippen molar-refractivity contribution in [1.29, 1.82) is 0 Å². The number of rotatable bonds is 5. The first-order valence-electron chi connectivity index (χ1n) is 15.9. The molecular weight excluding hydrogens is 562 g/mol. The Kier molecular flexibility index (Phi) is 7.14. The normalized spacial score (nSPS) is 21.9. The molecule has 0 bridgehead atoms. The molecule has 12 nitrogen and oxygen atoms in total. The Hall–Kier alpha value is -3.93. The van der Waals surface area contributed by atoms with Crippen LogP contribution in [0.5, 0.6) is 0 Å². The number of imidazole rings is 1. The van der Waals surface area contributed by atoms with Gasteiger partial charge in [0.05, 0.1) is 35.5 Å². The van der Waals surface area contributed by atoms with E-state index in [9.17, 15) is 19.2 Å². The molecule has 44 heavy (non-hydrogen) atoms. The van der Waals surface area contributed by atoms with Crippen molar-refractivity contribution in [2.75, 3.05) is 19.6 Å². The van der Waals surface area contributed by atoms with Crippen LogP contribution in [0.25, 0.3) is 11.0 Å². The highest BCUT2D eigenvalue weighted by Crippen LogP contribution is 2.39. The summed E-state index contributed by atoms with van der Waals surface area (Å²) in [5, 5.41) is 7.24. The second kappa shape index (κ2) is 10.9. The summed E-state index contributed by atoms with van der Waals surface area (Å²) < 4.78 is 11.1. The number of likely N-dealkylation sites (tertiary alicyclic amines) is 1. The van der Waals surface area contributed by atoms with E-state index in [1.807, 2.05) is 36.1 Å². The molecule has 3 aromatic rings. The minimum absolute atomic E-state index is 0.152. The second-order valence-corrected chi connectivity index (χ2v) is 13.8. The molecule has 4 aliphatic rings. The minimum Gasteiger partial charge on any atom is -0.444 e. The van der Waals surface area contributed by atoms with E-state index < -0.39 is 17.6 Å². The van der Waals surface area contributed by atoms with Crippen LogP contribution in [0.4, 0.5) is 4.79 Å². The molecule has 0 radical (unpaired) electrons. The molecule has 234 valence electrons. The monoisotopic (exact) mass is 603 g/mol. The van der Waals surface area contributed by atoms with Gasteiger partial charge in [-0.2, -0.15) is 5.10 Å². The Bertz CT molecular complexity index is 1680. The van der Waals surface area contributed by atoms with Gasteiger partial charge >= 0.3 is 11.8 Å². The van der Waals surface area contributed by atoms with Gasteiger partial charge in [-0.3, -0.25) is 33.6 Å². The Labute approximate surface area is 255 Å². The maximum Gasteiger partial charge on any atom is 0.410 e. The summed E-state index contributed by atoms with van der Waals surface area (Å²) >= 11 is 0. The van der Waals surface area contributed by atoms with E-state index in [-0.39, 0.29) is 30.2 Å². The Morgan fingerprint density at radius 1 is 0.955 bits per heavy atom. The van der Waals surface area contributed by atoms with E-state index in [4.69, 9.17) is 9.84 Å². The molecule has 5 heterocycles. The lowest BCUT2D eigenvalue weighted by Crippen LogP contribution is -2.44. The van der Waals surface area contributed by atoms with Gasteiger partial charge in [0.25, 0.3) is 0 Å². The molecule has 3 aliphatic heterocycles. The fourth-order valence-corrected chi connectivity index (χ4v) is 6.97. The summed E-state index contributed by atoms with van der Waals surface area (Å²) in [6, 6.07) is 7.90. The number of piperidine rings is 2. The van der Waals surface area contributed by atoms with Crippen molar-refractivity contribution in [2.24, 2.45) is 0 Å². The van der Waals surface area contributed by atoms with Crippen LogP contribution < -0.4 is 11.0 Å². The molecule has 2 saturated heterocycles. The Balaban J connectivity index is 1.02. The van der Waals surface area contributed by atoms with Gasteiger partial charge in [0.2, 0.25) is 11.8 Å². The molecule has 3 amide bonds. The molecule has 2 aromatic heterocycles. The highest BCUT2D eigenvalue weighted by atomic mass is 16.6. The number of hydrogen-bond acceptors (Lipinski definition) is 7. The summed E-state index contributed by atoms with van der Waals surface area (Å²) in [7, 11) is 0. The number of aromatic nitrogens is 4. The fraction of sp³-hybridized carbons (Fsp3) is 0.594. The average Bonchev–Trinajstić information content (AvgIpc) is 3.65. The van der Waals surface area contributed by atoms with Crippen LogP contribution in [0.1, 0.15) is 94.2 Å². The number of nitrogens with one attached hydrogen (secondary N) is 1. The molecule has 1 atom stereocenters. The van der Waals surface area contributed by atoms with E-state index in [0.717, 1.165) is 67.7 Å². The number of fused-ring (bicyclic) bond motifs is 2. The molecule has 1 aromatic carbocycles. The number of imide groups is 1. The summed E-state index contributed by atoms with van der Waals surface area (Å²) in [4.78, 5) is 54.8. The van der Waals surface area contributed by atoms with Crippen molar-refractivity contribution >= 4 is 28.9 Å². The van der Waals surface area contributed by atoms with Gasteiger partial charge < -0.3 is 9.64 Å². The van der Waals surface area contributed by atoms with E-state index in [1.165, 1.54) is 5.56 Å². The average molecular weight is 604 g/mol. The smallest absolute Gasteiger partial charge is 0.410 e. The Morgan fingerprint density at radius 2 is 1.73 bits per heavy atom. The Morgan fingerprint density at radius 3 is 2.43 bits per heavy atom. The highest BCUT2D eigenvalue weighted by Gasteiger charge is 2.35. The first-order chi connectivity index (χ1) is 21.0. The third-order valence-electron chi connectivity index (χ3n) is 9.31. The zero-order valence-electron chi connectivity index (χ0n) is 25.8. The SMILES string of the molecule is CC(C)(C)OC(=O)N1CCn2nc(CN3CCC(c4ccc5c(c4)n(C4CC4)c(=O)n5C4CCC(=O)NC4=O)CC3)cc2C1. The number of carbonyl (C=O) groups is 3. The molecule has 1 saturated carbocycles. The van der Waals surface area contributed by atoms with Gasteiger partial charge in [-0.25, -0.2) is 9.59 Å². The lowest BCUT2D eigenvalue weighted by atomic mass is 9.89. The predicted molar refractivity (Wildman–Crippen MR) is 162 cm³/mol. The maximum atomic E-state index is 13.6. The van der Waals surface area contributed by atoms with Gasteiger partial charge in [-0.05, 0) is 95.6 Å². The topological polar surface area (TPSA) is 124 Å². The first-order valence-corrected chi connectivity index (χ1v) is 15.9. The summed E-state index contributed by atoms with van der Waals surface area (Å²) in [6.07, 6.45) is 4.24. The summed E-state index contributed by atoms with van der Waals surface area (Å²) in [6.45, 7) is 10.1. The molecule has 7 rings (SSSR count). The van der Waals surface area contributed by atoms with E-state index >= 15 is 0 Å². The molecule has 1 N–H and O–H groups in total. The summed E-state index contributed by atoms with van der Waals surface area (Å²) in [5.74, 6) is -0.292. The van der Waals surface area contributed by atoms with Gasteiger partial charge in [-0.1, -0.05) is 6.07 Å². The number of benzene rings is 1. The molecule has 12 heteroatoms. The van der Waals surface area contributed by atoms with Gasteiger partial charge in [0.15, 0.2) is 0 Å². The van der Waals surface area contributed by atoms with Crippen LogP contribution in [-0.2, 0) is 34.0 Å². The number of hydrogen-bond donors (Lipinski definition) is 1. The van der Waals surface area contributed by atoms with Crippen molar-refractivity contribution < 1.29 is 19.1 Å². The molecular formula is C32H41N7O5. The number of amides is 3. The zero-order chi connectivity index (χ0) is 30.7. The largest absolute Gasteiger partial charge is 0.444 e. The zero-order valence-corrected chi connectivity index (χ0v) is 25.8. The molecule has 3 fully saturated rings. The van der Waals surface area contributed by atoms with E-state index in [2.05, 4.69) is 28.4 Å². The molecule has 1 unspecified atom stereocenters. The molecule has 1 aliphatic carbocycles. The van der Waals surface area contributed by atoms with Crippen LogP contribution in [0, 0.1) is 0 Å². The van der Waals surface area contributed by atoms with Crippen molar-refractivity contribution in [3.8, 4) is 0 Å². The number of carbonyl (C=O) groups excluding carboxylic acids is 3. The third-order valence-corrected chi connectivity index (χ3v) is 9.31. The fourth-order valence-electron chi connectivity index (χ4n) is 6.97. The van der Waals surface area contributed by atoms with Crippen molar-refractivity contribution in [2.45, 2.75) is 103 Å². The van der Waals surface area contributed by atoms with Crippen LogP contribution >= 0.6 is 0 Å². The highest BCUT2D eigenvalue weighted by molar-refractivity contribution is 6.00. The van der Waals surface area contributed by atoms with Gasteiger partial charge in [0, 0.05) is 25.6 Å². The van der Waals surface area contributed by atoms with Crippen LogP contribution in [0.2, 0.25) is 0 Å². The van der Waals surface area contributed by atoms with Crippen LogP contribution in [-0.4, -0.2) is 71.9 Å². The van der Waals surface area contributed by atoms with E-state index in [0.29, 0.717) is 32.0 Å². The number of ether oxygens (including phenoxy) is 1. The quantitative estimate of drug-likeness (QED) is 0.443. The predicted octanol–water partition coefficient (Wildman–Crippen LogP) is 3.44. The van der Waals surface area contributed by atoms with E-state index in [1.54, 1.807) is 9.47 Å². The molecule has 0 spiro atoms. The maximum absolute atomic E-state index is 13.6. The lowest BCUT2D eigenvalue weighted by molar-refractivity contribution is -0.135. The van der Waals surface area contributed by atoms with Crippen LogP contribution in [0.15, 0.2) is 29.1 Å². The summed E-state index contributed by atoms with van der Waals surface area (Å²) in [5.41, 5.74) is 4.28. The van der Waals surface area contributed by atoms with Crippen molar-refractivity contribution in [3.05, 3.63) is 51.7 Å². The van der Waals surface area contributed by atoms with Crippen molar-refractivity contribution in [1.82, 2.24) is 34.0 Å². The van der Waals surface area contributed by atoms with Gasteiger partial charge in [-0.15, -0.1) is 0 Å². The number of nitrogens with zero attached hydrogens (tertiary/aromatic N) is 6. The second-order valence-electron chi connectivity index (χ2n) is 13.8. The van der Waals surface area contributed by atoms with Crippen LogP contribution in [0.3, 0.4) is 0 Å². The lowest BCUT2D eigenvalue weighted by Gasteiger charge is -2.31. The van der Waals surface area contributed by atoms with Gasteiger partial charge in [0.1, 0.15) is 11.6 Å². The van der Waals surface area contributed by atoms with Crippen molar-refractivity contribution in [3.63, 3.8) is 0 Å². The third kappa shape index (κ3) is 5.55. The standard InChI is InChI=1S/C32H41N7O5/c1-32(2,3)44-31(43)36-14-15-37-24(19-36)17-22(34-37)18-35-12-10-20(11-13-35)21-4-7-25-27(16-21)38(23-5-6-23)30(42)39(25)26-8-9-28(40)33-29(26)41/h4,7,16-17,20,23,26H,5-6,8-15,18-19H2,1-3H3,(H,33,40,41). The first kappa shape index (κ1) is 28.8.